The Morgan fingerprint density at radius 1 is 0.481 bits per heavy atom. The lowest BCUT2D eigenvalue weighted by molar-refractivity contribution is 0.0701. The van der Waals surface area contributed by atoms with Crippen molar-refractivity contribution in [3.05, 3.63) is 119 Å². The summed E-state index contributed by atoms with van der Waals surface area (Å²) in [5.74, 6) is 4.78. The Balaban J connectivity index is 0.000000305. The Kier molecular flexibility index (Phi) is 17.8. The van der Waals surface area contributed by atoms with Crippen LogP contribution < -0.4 is 9.47 Å². The van der Waals surface area contributed by atoms with Crippen LogP contribution in [0.5, 0.6) is 23.0 Å². The van der Waals surface area contributed by atoms with Crippen molar-refractivity contribution in [3.63, 3.8) is 0 Å². The first kappa shape index (κ1) is 44.2. The first-order chi connectivity index (χ1) is 24.4. The maximum absolute atomic E-state index is 9.80. The fraction of sp³-hybridized carbons (Fsp3) is 0.489. The van der Waals surface area contributed by atoms with Gasteiger partial charge in [-0.3, -0.25) is 0 Å². The van der Waals surface area contributed by atoms with Crippen molar-refractivity contribution in [1.82, 2.24) is 0 Å². The maximum Gasteiger partial charge on any atom is 0.119 e. The molecular weight excluding hydrogens is 645 g/mol. The second-order valence-electron chi connectivity index (χ2n) is 16.0. The standard InChI is InChI=1S/C20H26O3.C20H26O2.C7H16/c1-14(2)19(22)13-23-18-11-7-16(8-12-18)20(3,4)15-5-9-17(21)10-6-15;1-5-15(2)14-22-19-12-8-17(9-13-19)20(3,4)16-6-10-18(21)11-7-16;1-5-7(4)6(2)3/h5-12,14,19,21-22H,13H2,1-4H3;6-13,15,21H,5,14H2,1-4H3;6-7H,5H2,1-4H3. The Morgan fingerprint density at radius 2 is 0.808 bits per heavy atom. The molecule has 0 saturated carbocycles. The van der Waals surface area contributed by atoms with Crippen molar-refractivity contribution in [2.24, 2.45) is 23.7 Å². The molecule has 0 saturated heterocycles. The van der Waals surface area contributed by atoms with Gasteiger partial charge in [-0.05, 0) is 94.5 Å². The van der Waals surface area contributed by atoms with Crippen molar-refractivity contribution in [2.75, 3.05) is 13.2 Å². The molecule has 5 nitrogen and oxygen atoms in total. The first-order valence-corrected chi connectivity index (χ1v) is 19.2. The highest BCUT2D eigenvalue weighted by Gasteiger charge is 2.24. The molecule has 0 bridgehead atoms. The van der Waals surface area contributed by atoms with Crippen LogP contribution in [-0.2, 0) is 10.8 Å². The number of aromatic hydroxyl groups is 2. The lowest BCUT2D eigenvalue weighted by Crippen LogP contribution is -2.23. The number of phenols is 2. The summed E-state index contributed by atoms with van der Waals surface area (Å²) in [5, 5.41) is 28.7. The zero-order chi connectivity index (χ0) is 39.1. The number of aliphatic hydroxyl groups is 1. The second-order valence-corrected chi connectivity index (χ2v) is 16.0. The van der Waals surface area contributed by atoms with Gasteiger partial charge in [-0.25, -0.2) is 0 Å². The number of rotatable bonds is 14. The average molecular weight is 713 g/mol. The Bertz CT molecular complexity index is 1540. The third-order valence-electron chi connectivity index (χ3n) is 10.5. The number of ether oxygens (including phenoxy) is 2. The van der Waals surface area contributed by atoms with E-state index in [1.54, 1.807) is 24.3 Å². The lowest BCUT2D eigenvalue weighted by Gasteiger charge is -2.26. The third-order valence-corrected chi connectivity index (χ3v) is 10.5. The molecule has 4 aromatic rings. The highest BCUT2D eigenvalue weighted by atomic mass is 16.5. The number of hydrogen-bond acceptors (Lipinski definition) is 5. The minimum Gasteiger partial charge on any atom is -0.508 e. The van der Waals surface area contributed by atoms with E-state index in [0.717, 1.165) is 41.9 Å². The summed E-state index contributed by atoms with van der Waals surface area (Å²) in [7, 11) is 0. The van der Waals surface area contributed by atoms with Crippen molar-refractivity contribution >= 4 is 0 Å². The molecule has 4 aromatic carbocycles. The summed E-state index contributed by atoms with van der Waals surface area (Å²) in [4.78, 5) is 0. The molecule has 52 heavy (non-hydrogen) atoms. The molecule has 0 aromatic heterocycles. The van der Waals surface area contributed by atoms with Crippen LogP contribution in [0.4, 0.5) is 0 Å². The molecule has 0 fully saturated rings. The van der Waals surface area contributed by atoms with Gasteiger partial charge in [-0.1, -0.05) is 144 Å². The predicted molar refractivity (Wildman–Crippen MR) is 219 cm³/mol. The van der Waals surface area contributed by atoms with E-state index in [1.807, 2.05) is 74.5 Å². The van der Waals surface area contributed by atoms with E-state index >= 15 is 0 Å². The summed E-state index contributed by atoms with van der Waals surface area (Å²) in [6, 6.07) is 31.0. The van der Waals surface area contributed by atoms with Crippen molar-refractivity contribution < 1.29 is 24.8 Å². The van der Waals surface area contributed by atoms with Gasteiger partial charge in [-0.2, -0.15) is 0 Å². The van der Waals surface area contributed by atoms with Crippen molar-refractivity contribution in [1.29, 1.82) is 0 Å². The topological polar surface area (TPSA) is 79.2 Å². The highest BCUT2D eigenvalue weighted by Crippen LogP contribution is 2.34. The minimum absolute atomic E-state index is 0.108. The van der Waals surface area contributed by atoms with E-state index in [0.29, 0.717) is 18.3 Å². The van der Waals surface area contributed by atoms with E-state index in [-0.39, 0.29) is 22.5 Å². The van der Waals surface area contributed by atoms with E-state index < -0.39 is 6.10 Å². The average Bonchev–Trinajstić information content (AvgIpc) is 3.13. The van der Waals surface area contributed by atoms with Gasteiger partial charge >= 0.3 is 0 Å². The van der Waals surface area contributed by atoms with Crippen LogP contribution >= 0.6 is 0 Å². The summed E-state index contributed by atoms with van der Waals surface area (Å²) in [6.07, 6.45) is 1.99. The lowest BCUT2D eigenvalue weighted by atomic mass is 9.78. The van der Waals surface area contributed by atoms with Crippen molar-refractivity contribution in [2.45, 2.75) is 113 Å². The number of phenolic OH excluding ortho intramolecular Hbond substituents is 2. The second kappa shape index (κ2) is 20.9. The zero-order valence-electron chi connectivity index (χ0n) is 34.1. The zero-order valence-corrected chi connectivity index (χ0v) is 34.1. The van der Waals surface area contributed by atoms with Crippen LogP contribution in [-0.4, -0.2) is 34.6 Å². The summed E-state index contributed by atoms with van der Waals surface area (Å²) < 4.78 is 11.4. The van der Waals surface area contributed by atoms with Crippen LogP contribution in [0.2, 0.25) is 0 Å². The molecule has 0 spiro atoms. The fourth-order valence-electron chi connectivity index (χ4n) is 5.23. The molecule has 0 aliphatic carbocycles. The summed E-state index contributed by atoms with van der Waals surface area (Å²) >= 11 is 0. The Morgan fingerprint density at radius 3 is 1.08 bits per heavy atom. The molecule has 0 amide bonds. The monoisotopic (exact) mass is 713 g/mol. The van der Waals surface area contributed by atoms with Gasteiger partial charge in [0.2, 0.25) is 0 Å². The van der Waals surface area contributed by atoms with Crippen LogP contribution in [0.3, 0.4) is 0 Å². The molecule has 4 rings (SSSR count). The van der Waals surface area contributed by atoms with Gasteiger partial charge in [0.25, 0.3) is 0 Å². The van der Waals surface area contributed by atoms with Gasteiger partial charge in [0, 0.05) is 10.8 Å². The maximum atomic E-state index is 9.80. The molecule has 286 valence electrons. The molecule has 0 radical (unpaired) electrons. The Labute approximate surface area is 316 Å². The summed E-state index contributed by atoms with van der Waals surface area (Å²) in [6.45, 7) is 27.1. The molecule has 3 N–H and O–H groups in total. The Hall–Kier alpha value is -3.96. The van der Waals surface area contributed by atoms with Gasteiger partial charge in [0.05, 0.1) is 12.7 Å². The third kappa shape index (κ3) is 13.9. The van der Waals surface area contributed by atoms with Gasteiger partial charge in [-0.15, -0.1) is 0 Å². The molecule has 5 heteroatoms. The van der Waals surface area contributed by atoms with Crippen LogP contribution in [0.15, 0.2) is 97.1 Å². The quantitative estimate of drug-likeness (QED) is 0.121. The van der Waals surface area contributed by atoms with E-state index in [9.17, 15) is 15.3 Å². The summed E-state index contributed by atoms with van der Waals surface area (Å²) in [5.41, 5.74) is 4.44. The van der Waals surface area contributed by atoms with Crippen LogP contribution in [0.25, 0.3) is 0 Å². The van der Waals surface area contributed by atoms with Gasteiger partial charge < -0.3 is 24.8 Å². The number of benzene rings is 4. The molecular formula is C47H68O5. The predicted octanol–water partition coefficient (Wildman–Crippen LogP) is 11.9. The smallest absolute Gasteiger partial charge is 0.119 e. The molecule has 0 aliphatic rings. The van der Waals surface area contributed by atoms with E-state index in [1.165, 1.54) is 23.1 Å². The van der Waals surface area contributed by atoms with Crippen LogP contribution in [0, 0.1) is 23.7 Å². The van der Waals surface area contributed by atoms with E-state index in [2.05, 4.69) is 81.4 Å². The normalized spacial score (nSPS) is 13.3. The molecule has 3 unspecified atom stereocenters. The van der Waals surface area contributed by atoms with Gasteiger partial charge in [0.1, 0.15) is 29.6 Å². The highest BCUT2D eigenvalue weighted by molar-refractivity contribution is 5.43. The van der Waals surface area contributed by atoms with Gasteiger partial charge in [0.15, 0.2) is 0 Å². The molecule has 0 aliphatic heterocycles. The number of aliphatic hydroxyl groups excluding tert-OH is 1. The SMILES string of the molecule is CC(C)C(O)COc1ccc(C(C)(C)c2ccc(O)cc2)cc1.CCC(C)C(C)C.CCC(C)COc1ccc(C(C)(C)c2ccc(O)cc2)cc1. The van der Waals surface area contributed by atoms with Crippen LogP contribution in [0.1, 0.15) is 118 Å². The fourth-order valence-corrected chi connectivity index (χ4v) is 5.23. The minimum atomic E-state index is -0.455. The van der Waals surface area contributed by atoms with E-state index in [4.69, 9.17) is 9.47 Å². The molecule has 3 atom stereocenters. The van der Waals surface area contributed by atoms with Crippen molar-refractivity contribution in [3.8, 4) is 23.0 Å². The molecule has 0 heterocycles. The first-order valence-electron chi connectivity index (χ1n) is 19.2. The number of hydrogen-bond donors (Lipinski definition) is 3. The largest absolute Gasteiger partial charge is 0.508 e.